The normalized spacial score (nSPS) is 12.5. The molecule has 0 spiro atoms. The maximum Gasteiger partial charge on any atom is 0.322 e. The van der Waals surface area contributed by atoms with Gasteiger partial charge in [-0.25, -0.2) is 0 Å². The van der Waals surface area contributed by atoms with Crippen LogP contribution in [-0.2, 0) is 15.3 Å². The second-order valence-electron chi connectivity index (χ2n) is 4.54. The van der Waals surface area contributed by atoms with Crippen LogP contribution < -0.4 is 5.73 Å². The van der Waals surface area contributed by atoms with Crippen molar-refractivity contribution in [3.63, 3.8) is 0 Å². The molecule has 0 saturated heterocycles. The Hall–Kier alpha value is -0.750. The zero-order chi connectivity index (χ0) is 15.2. The number of carbonyl (C=O) groups excluding carboxylic acids is 1. The molecule has 1 aromatic carbocycles. The van der Waals surface area contributed by atoms with Crippen LogP contribution in [0.3, 0.4) is 0 Å². The molecule has 0 aliphatic rings. The highest BCUT2D eigenvalue weighted by Crippen LogP contribution is 2.37. The zero-order valence-electron chi connectivity index (χ0n) is 11.8. The third kappa shape index (κ3) is 4.36. The average molecular weight is 344 g/mol. The Balaban J connectivity index is 1.83. The van der Waals surface area contributed by atoms with E-state index in [4.69, 9.17) is 22.1 Å². The van der Waals surface area contributed by atoms with E-state index in [1.165, 1.54) is 9.58 Å². The van der Waals surface area contributed by atoms with Crippen molar-refractivity contribution in [2.45, 2.75) is 25.1 Å². The molecule has 1 unspecified atom stereocenters. The first-order chi connectivity index (χ1) is 10.1. The highest BCUT2D eigenvalue weighted by Gasteiger charge is 2.14. The summed E-state index contributed by atoms with van der Waals surface area (Å²) in [7, 11) is 0. The number of thioether (sulfide) groups is 1. The maximum atomic E-state index is 11.4. The Morgan fingerprint density at radius 2 is 2.24 bits per heavy atom. The SMILES string of the molecule is CCOC(=O)C(N)CCSCc1sc2ccccc2c1Cl. The molecule has 21 heavy (non-hydrogen) atoms. The van der Waals surface area contributed by atoms with Crippen molar-refractivity contribution < 1.29 is 9.53 Å². The largest absolute Gasteiger partial charge is 0.465 e. The van der Waals surface area contributed by atoms with Gasteiger partial charge in [-0.1, -0.05) is 29.8 Å². The van der Waals surface area contributed by atoms with E-state index in [0.29, 0.717) is 13.0 Å². The molecule has 0 fully saturated rings. The Morgan fingerprint density at radius 3 is 2.95 bits per heavy atom. The summed E-state index contributed by atoms with van der Waals surface area (Å²) in [6, 6.07) is 7.60. The van der Waals surface area contributed by atoms with E-state index in [9.17, 15) is 4.79 Å². The number of esters is 1. The van der Waals surface area contributed by atoms with Gasteiger partial charge < -0.3 is 10.5 Å². The monoisotopic (exact) mass is 343 g/mol. The van der Waals surface area contributed by atoms with Gasteiger partial charge in [-0.2, -0.15) is 11.8 Å². The summed E-state index contributed by atoms with van der Waals surface area (Å²) in [6.07, 6.45) is 0.617. The Labute approximate surface area is 137 Å². The topological polar surface area (TPSA) is 52.3 Å². The molecule has 0 aliphatic carbocycles. The Kier molecular flexibility index (Phi) is 6.36. The highest BCUT2D eigenvalue weighted by atomic mass is 35.5. The molecule has 1 aromatic heterocycles. The average Bonchev–Trinajstić information content (AvgIpc) is 2.80. The lowest BCUT2D eigenvalue weighted by Gasteiger charge is -2.09. The van der Waals surface area contributed by atoms with Crippen molar-refractivity contribution in [2.75, 3.05) is 12.4 Å². The summed E-state index contributed by atoms with van der Waals surface area (Å²) in [5.74, 6) is 1.33. The minimum absolute atomic E-state index is 0.321. The molecule has 3 nitrogen and oxygen atoms in total. The first kappa shape index (κ1) is 16.6. The van der Waals surface area contributed by atoms with E-state index in [1.54, 1.807) is 30.0 Å². The molecule has 0 radical (unpaired) electrons. The van der Waals surface area contributed by atoms with Gasteiger partial charge in [-0.3, -0.25) is 4.79 Å². The smallest absolute Gasteiger partial charge is 0.322 e. The number of rotatable bonds is 7. The Morgan fingerprint density at radius 1 is 1.48 bits per heavy atom. The molecule has 1 heterocycles. The molecule has 0 bridgehead atoms. The fourth-order valence-corrected chi connectivity index (χ4v) is 4.65. The fraction of sp³-hybridized carbons (Fsp3) is 0.400. The van der Waals surface area contributed by atoms with Crippen molar-refractivity contribution in [3.8, 4) is 0 Å². The van der Waals surface area contributed by atoms with E-state index < -0.39 is 6.04 Å². The quantitative estimate of drug-likeness (QED) is 0.608. The van der Waals surface area contributed by atoms with Gasteiger partial charge >= 0.3 is 5.97 Å². The van der Waals surface area contributed by atoms with E-state index in [2.05, 4.69) is 6.07 Å². The number of nitrogens with two attached hydrogens (primary N) is 1. The number of benzene rings is 1. The van der Waals surface area contributed by atoms with Crippen LogP contribution in [0.5, 0.6) is 0 Å². The zero-order valence-corrected chi connectivity index (χ0v) is 14.2. The van der Waals surface area contributed by atoms with E-state index in [0.717, 1.165) is 21.9 Å². The first-order valence-electron chi connectivity index (χ1n) is 6.79. The highest BCUT2D eigenvalue weighted by molar-refractivity contribution is 7.98. The van der Waals surface area contributed by atoms with Crippen LogP contribution in [0.4, 0.5) is 0 Å². The molecular weight excluding hydrogens is 326 g/mol. The number of halogens is 1. The van der Waals surface area contributed by atoms with Crippen molar-refractivity contribution in [1.29, 1.82) is 0 Å². The minimum atomic E-state index is -0.532. The number of hydrogen-bond acceptors (Lipinski definition) is 5. The van der Waals surface area contributed by atoms with Gasteiger partial charge in [0, 0.05) is 20.7 Å². The lowest BCUT2D eigenvalue weighted by Crippen LogP contribution is -2.32. The van der Waals surface area contributed by atoms with E-state index in [1.807, 2.05) is 18.2 Å². The van der Waals surface area contributed by atoms with E-state index >= 15 is 0 Å². The molecule has 0 aliphatic heterocycles. The molecule has 6 heteroatoms. The summed E-state index contributed by atoms with van der Waals surface area (Å²) in [6.45, 7) is 2.15. The van der Waals surface area contributed by atoms with Gasteiger partial charge in [-0.05, 0) is 25.2 Å². The lowest BCUT2D eigenvalue weighted by molar-refractivity contribution is -0.144. The van der Waals surface area contributed by atoms with Gasteiger partial charge in [0.25, 0.3) is 0 Å². The van der Waals surface area contributed by atoms with Gasteiger partial charge in [0.1, 0.15) is 6.04 Å². The van der Waals surface area contributed by atoms with Gasteiger partial charge in [0.2, 0.25) is 0 Å². The van der Waals surface area contributed by atoms with Crippen LogP contribution in [0.15, 0.2) is 24.3 Å². The number of thiophene rings is 1. The molecule has 0 amide bonds. The van der Waals surface area contributed by atoms with Gasteiger partial charge in [0.05, 0.1) is 11.6 Å². The van der Waals surface area contributed by atoms with Crippen molar-refractivity contribution in [1.82, 2.24) is 0 Å². The van der Waals surface area contributed by atoms with Crippen LogP contribution in [0.25, 0.3) is 10.1 Å². The maximum absolute atomic E-state index is 11.4. The number of ether oxygens (including phenoxy) is 1. The summed E-state index contributed by atoms with van der Waals surface area (Å²) < 4.78 is 6.10. The van der Waals surface area contributed by atoms with E-state index in [-0.39, 0.29) is 5.97 Å². The first-order valence-corrected chi connectivity index (χ1v) is 9.14. The molecule has 0 saturated carbocycles. The van der Waals surface area contributed by atoms with Crippen LogP contribution in [0, 0.1) is 0 Å². The van der Waals surface area contributed by atoms with Crippen LogP contribution in [-0.4, -0.2) is 24.4 Å². The summed E-state index contributed by atoms with van der Waals surface area (Å²) >= 11 is 9.85. The number of carbonyl (C=O) groups is 1. The summed E-state index contributed by atoms with van der Waals surface area (Å²) in [5.41, 5.74) is 5.76. The summed E-state index contributed by atoms with van der Waals surface area (Å²) in [5, 5.41) is 1.96. The minimum Gasteiger partial charge on any atom is -0.465 e. The van der Waals surface area contributed by atoms with Crippen molar-refractivity contribution >= 4 is 50.8 Å². The fourth-order valence-electron chi connectivity index (χ4n) is 1.90. The standard InChI is InChI=1S/C15H18ClNO2S2/c1-2-19-15(18)11(17)7-8-20-9-13-14(16)10-5-3-4-6-12(10)21-13/h3-6,11H,2,7-9,17H2,1H3. The molecule has 2 rings (SSSR count). The van der Waals surface area contributed by atoms with Crippen LogP contribution >= 0.6 is 34.7 Å². The van der Waals surface area contributed by atoms with Crippen LogP contribution in [0.1, 0.15) is 18.2 Å². The number of hydrogen-bond donors (Lipinski definition) is 1. The predicted octanol–water partition coefficient (Wildman–Crippen LogP) is 4.07. The molecule has 1 atom stereocenters. The lowest BCUT2D eigenvalue weighted by atomic mass is 10.2. The molecule has 2 N–H and O–H groups in total. The second-order valence-corrected chi connectivity index (χ2v) is 7.16. The third-order valence-electron chi connectivity index (χ3n) is 3.00. The molecule has 2 aromatic rings. The second kappa shape index (κ2) is 8.03. The van der Waals surface area contributed by atoms with Gasteiger partial charge in [-0.15, -0.1) is 11.3 Å². The van der Waals surface area contributed by atoms with Crippen LogP contribution in [0.2, 0.25) is 5.02 Å². The Bertz CT molecular complexity index is 615. The predicted molar refractivity (Wildman–Crippen MR) is 92.2 cm³/mol. The van der Waals surface area contributed by atoms with Gasteiger partial charge in [0.15, 0.2) is 0 Å². The molecular formula is C15H18ClNO2S2. The third-order valence-corrected chi connectivity index (χ3v) is 5.91. The molecule has 114 valence electrons. The van der Waals surface area contributed by atoms with Crippen molar-refractivity contribution in [3.05, 3.63) is 34.2 Å². The van der Waals surface area contributed by atoms with Crippen molar-refractivity contribution in [2.24, 2.45) is 5.73 Å². The number of fused-ring (bicyclic) bond motifs is 1. The summed E-state index contributed by atoms with van der Waals surface area (Å²) in [4.78, 5) is 12.6.